The summed E-state index contributed by atoms with van der Waals surface area (Å²) in [6.07, 6.45) is 4.15. The Hall–Kier alpha value is -2.95. The summed E-state index contributed by atoms with van der Waals surface area (Å²) in [6, 6.07) is 20.9. The van der Waals surface area contributed by atoms with Gasteiger partial charge in [0.15, 0.2) is 0 Å². The zero-order chi connectivity index (χ0) is 19.2. The highest BCUT2D eigenvalue weighted by Crippen LogP contribution is 2.22. The van der Waals surface area contributed by atoms with Crippen molar-refractivity contribution < 1.29 is 4.79 Å². The molecule has 28 heavy (non-hydrogen) atoms. The van der Waals surface area contributed by atoms with Crippen LogP contribution in [0.2, 0.25) is 0 Å². The predicted octanol–water partition coefficient (Wildman–Crippen LogP) is 3.86. The van der Waals surface area contributed by atoms with Crippen LogP contribution in [-0.2, 0) is 6.54 Å². The van der Waals surface area contributed by atoms with E-state index in [4.69, 9.17) is 0 Å². The Morgan fingerprint density at radius 2 is 1.82 bits per heavy atom. The van der Waals surface area contributed by atoms with Crippen molar-refractivity contribution >= 4 is 22.6 Å². The first-order valence-electron chi connectivity index (χ1n) is 10.2. The van der Waals surface area contributed by atoms with E-state index in [9.17, 15) is 4.79 Å². The number of carbonyl (C=O) groups excluding carboxylic acids is 1. The van der Waals surface area contributed by atoms with E-state index >= 15 is 0 Å². The summed E-state index contributed by atoms with van der Waals surface area (Å²) in [7, 11) is 0. The molecule has 1 atom stereocenters. The van der Waals surface area contributed by atoms with Crippen LogP contribution in [0.5, 0.6) is 0 Å². The van der Waals surface area contributed by atoms with Gasteiger partial charge in [-0.25, -0.2) is 4.79 Å². The number of nitrogens with one attached hydrogen (secondary N) is 2. The van der Waals surface area contributed by atoms with Gasteiger partial charge in [-0.1, -0.05) is 36.4 Å². The summed E-state index contributed by atoms with van der Waals surface area (Å²) in [5, 5.41) is 7.28. The molecule has 0 spiro atoms. The van der Waals surface area contributed by atoms with Gasteiger partial charge in [-0.15, -0.1) is 0 Å². The van der Waals surface area contributed by atoms with Crippen molar-refractivity contribution in [1.82, 2.24) is 15.2 Å². The van der Waals surface area contributed by atoms with E-state index in [1.165, 1.54) is 16.6 Å². The lowest BCUT2D eigenvalue weighted by molar-refractivity contribution is 0.239. The second-order valence-electron chi connectivity index (χ2n) is 7.49. The molecule has 1 aliphatic rings. The van der Waals surface area contributed by atoms with E-state index in [1.807, 2.05) is 6.07 Å². The number of fused-ring (bicyclic) bond motifs is 1. The van der Waals surface area contributed by atoms with Gasteiger partial charge in [0.25, 0.3) is 0 Å². The third-order valence-corrected chi connectivity index (χ3v) is 5.50. The average molecular weight is 377 g/mol. The van der Waals surface area contributed by atoms with Crippen molar-refractivity contribution in [2.45, 2.75) is 19.4 Å². The van der Waals surface area contributed by atoms with Crippen molar-refractivity contribution in [3.63, 3.8) is 0 Å². The molecule has 2 N–H and O–H groups in total. The number of aromatic nitrogens is 1. The lowest BCUT2D eigenvalue weighted by Crippen LogP contribution is -2.39. The third-order valence-electron chi connectivity index (χ3n) is 5.50. The summed E-state index contributed by atoms with van der Waals surface area (Å²) in [5.41, 5.74) is 2.52. The Labute approximate surface area is 166 Å². The van der Waals surface area contributed by atoms with Crippen molar-refractivity contribution in [3.8, 4) is 0 Å². The van der Waals surface area contributed by atoms with Gasteiger partial charge in [0, 0.05) is 50.1 Å². The van der Waals surface area contributed by atoms with Crippen LogP contribution in [0.25, 0.3) is 10.9 Å². The molecule has 5 heteroatoms. The molecule has 0 bridgehead atoms. The fraction of sp³-hybridized carbons (Fsp3) is 0.348. The number of para-hydroxylation sites is 2. The van der Waals surface area contributed by atoms with Gasteiger partial charge in [-0.05, 0) is 48.4 Å². The molecule has 1 aromatic heterocycles. The number of anilines is 1. The monoisotopic (exact) mass is 376 g/mol. The van der Waals surface area contributed by atoms with Crippen LogP contribution in [0.4, 0.5) is 10.5 Å². The van der Waals surface area contributed by atoms with Crippen LogP contribution < -0.4 is 15.5 Å². The van der Waals surface area contributed by atoms with E-state index in [0.717, 1.165) is 39.0 Å². The Balaban J connectivity index is 1.14. The minimum absolute atomic E-state index is 0.0597. The van der Waals surface area contributed by atoms with Gasteiger partial charge in [-0.2, -0.15) is 0 Å². The van der Waals surface area contributed by atoms with E-state index in [0.29, 0.717) is 12.5 Å². The Morgan fingerprint density at radius 3 is 2.71 bits per heavy atom. The quantitative estimate of drug-likeness (QED) is 0.615. The maximum Gasteiger partial charge on any atom is 0.314 e. The van der Waals surface area contributed by atoms with Crippen molar-refractivity contribution in [2.24, 2.45) is 5.92 Å². The highest BCUT2D eigenvalue weighted by molar-refractivity contribution is 5.79. The second kappa shape index (κ2) is 8.83. The second-order valence-corrected chi connectivity index (χ2v) is 7.49. The molecule has 2 heterocycles. The van der Waals surface area contributed by atoms with Crippen LogP contribution in [0.3, 0.4) is 0 Å². The SMILES string of the molecule is O=C(NCCCn1ccc2ccccc21)NCC1CCN(c2ccccc2)C1. The smallest absolute Gasteiger partial charge is 0.314 e. The molecule has 1 fully saturated rings. The average Bonchev–Trinajstić information content (AvgIpc) is 3.38. The molecule has 4 rings (SSSR count). The van der Waals surface area contributed by atoms with Crippen LogP contribution in [-0.4, -0.2) is 36.8 Å². The fourth-order valence-corrected chi connectivity index (χ4v) is 3.96. The molecule has 0 saturated carbocycles. The molecular formula is C23H28N4O. The third kappa shape index (κ3) is 4.47. The number of nitrogens with zero attached hydrogens (tertiary/aromatic N) is 2. The molecule has 5 nitrogen and oxygen atoms in total. The maximum atomic E-state index is 12.1. The zero-order valence-electron chi connectivity index (χ0n) is 16.2. The van der Waals surface area contributed by atoms with Gasteiger partial charge < -0.3 is 20.1 Å². The summed E-state index contributed by atoms with van der Waals surface area (Å²) >= 11 is 0. The molecule has 2 aromatic carbocycles. The number of hydrogen-bond donors (Lipinski definition) is 2. The van der Waals surface area contributed by atoms with Crippen molar-refractivity contribution in [1.29, 1.82) is 0 Å². The summed E-state index contributed by atoms with van der Waals surface area (Å²) < 4.78 is 2.24. The van der Waals surface area contributed by atoms with Crippen LogP contribution in [0.1, 0.15) is 12.8 Å². The maximum absolute atomic E-state index is 12.1. The molecule has 2 amide bonds. The van der Waals surface area contributed by atoms with Crippen LogP contribution in [0, 0.1) is 5.92 Å². The van der Waals surface area contributed by atoms with Gasteiger partial charge in [0.2, 0.25) is 0 Å². The van der Waals surface area contributed by atoms with Gasteiger partial charge in [0.1, 0.15) is 0 Å². The van der Waals surface area contributed by atoms with Crippen molar-refractivity contribution in [3.05, 3.63) is 66.9 Å². The van der Waals surface area contributed by atoms with Crippen LogP contribution >= 0.6 is 0 Å². The highest BCUT2D eigenvalue weighted by atomic mass is 16.2. The fourth-order valence-electron chi connectivity index (χ4n) is 3.96. The largest absolute Gasteiger partial charge is 0.371 e. The normalized spacial score (nSPS) is 16.4. The number of carbonyl (C=O) groups is 1. The number of rotatable bonds is 7. The van der Waals surface area contributed by atoms with E-state index in [-0.39, 0.29) is 6.03 Å². The summed E-state index contributed by atoms with van der Waals surface area (Å²) in [6.45, 7) is 4.38. The topological polar surface area (TPSA) is 49.3 Å². The summed E-state index contributed by atoms with van der Waals surface area (Å²) in [5.74, 6) is 0.511. The Kier molecular flexibility index (Phi) is 5.80. The lowest BCUT2D eigenvalue weighted by Gasteiger charge is -2.18. The van der Waals surface area contributed by atoms with Gasteiger partial charge in [-0.3, -0.25) is 0 Å². The van der Waals surface area contributed by atoms with Gasteiger partial charge >= 0.3 is 6.03 Å². The van der Waals surface area contributed by atoms with Crippen molar-refractivity contribution in [2.75, 3.05) is 31.1 Å². The number of amides is 2. The number of aryl methyl sites for hydroxylation is 1. The number of urea groups is 1. The van der Waals surface area contributed by atoms with E-state index < -0.39 is 0 Å². The molecule has 3 aromatic rings. The number of benzene rings is 2. The minimum atomic E-state index is -0.0597. The van der Waals surface area contributed by atoms with Crippen LogP contribution in [0.15, 0.2) is 66.9 Å². The molecule has 1 saturated heterocycles. The molecular weight excluding hydrogens is 348 g/mol. The standard InChI is InChI=1S/C23H28N4O/c28-23(24-13-6-14-26-16-12-20-7-4-5-10-22(20)26)25-17-19-11-15-27(18-19)21-8-2-1-3-9-21/h1-5,7-10,12,16,19H,6,11,13-15,17-18H2,(H2,24,25,28). The molecule has 1 aliphatic heterocycles. The predicted molar refractivity (Wildman–Crippen MR) is 115 cm³/mol. The molecule has 0 radical (unpaired) electrons. The highest BCUT2D eigenvalue weighted by Gasteiger charge is 2.22. The number of hydrogen-bond acceptors (Lipinski definition) is 2. The Bertz CT molecular complexity index is 905. The Morgan fingerprint density at radius 1 is 1.00 bits per heavy atom. The molecule has 0 aliphatic carbocycles. The lowest BCUT2D eigenvalue weighted by atomic mass is 10.1. The van der Waals surface area contributed by atoms with E-state index in [2.05, 4.69) is 80.9 Å². The van der Waals surface area contributed by atoms with Gasteiger partial charge in [0.05, 0.1) is 0 Å². The zero-order valence-corrected chi connectivity index (χ0v) is 16.2. The van der Waals surface area contributed by atoms with E-state index in [1.54, 1.807) is 0 Å². The minimum Gasteiger partial charge on any atom is -0.371 e. The first-order valence-corrected chi connectivity index (χ1v) is 10.2. The molecule has 1 unspecified atom stereocenters. The summed E-state index contributed by atoms with van der Waals surface area (Å²) in [4.78, 5) is 14.5. The first kappa shape index (κ1) is 18.4. The first-order chi connectivity index (χ1) is 13.8. The molecule has 146 valence electrons.